The van der Waals surface area contributed by atoms with E-state index in [4.69, 9.17) is 11.6 Å². The van der Waals surface area contributed by atoms with Crippen LogP contribution in [0.4, 0.5) is 0 Å². The Morgan fingerprint density at radius 1 is 1.11 bits per heavy atom. The van der Waals surface area contributed by atoms with Gasteiger partial charge < -0.3 is 0 Å². The zero-order chi connectivity index (χ0) is 13.1. The highest BCUT2D eigenvalue weighted by molar-refractivity contribution is 7.10. The lowest BCUT2D eigenvalue weighted by atomic mass is 10.3. The number of thiophene rings is 1. The monoisotopic (exact) mass is 287 g/mol. The van der Waals surface area contributed by atoms with E-state index in [0.717, 1.165) is 11.4 Å². The Hall–Kier alpha value is -1.91. The SMILES string of the molecule is Clc1ccccc1-n1cc(/C=C/c2cccs2)nn1. The van der Waals surface area contributed by atoms with Gasteiger partial charge in [-0.15, -0.1) is 16.4 Å². The molecular weight excluding hydrogens is 278 g/mol. The molecule has 0 spiro atoms. The Morgan fingerprint density at radius 2 is 2.00 bits per heavy atom. The van der Waals surface area contributed by atoms with Crippen LogP contribution < -0.4 is 0 Å². The molecule has 0 unspecified atom stereocenters. The first-order chi connectivity index (χ1) is 9.33. The van der Waals surface area contributed by atoms with Gasteiger partial charge in [0.15, 0.2) is 0 Å². The summed E-state index contributed by atoms with van der Waals surface area (Å²) in [5, 5.41) is 10.9. The van der Waals surface area contributed by atoms with Crippen LogP contribution in [0.1, 0.15) is 10.6 Å². The average Bonchev–Trinajstić information content (AvgIpc) is 3.08. The van der Waals surface area contributed by atoms with Crippen molar-refractivity contribution < 1.29 is 0 Å². The lowest BCUT2D eigenvalue weighted by Crippen LogP contribution is -1.95. The fourth-order valence-corrected chi connectivity index (χ4v) is 2.50. The maximum Gasteiger partial charge on any atom is 0.106 e. The van der Waals surface area contributed by atoms with E-state index in [-0.39, 0.29) is 0 Å². The van der Waals surface area contributed by atoms with Gasteiger partial charge in [0.1, 0.15) is 5.69 Å². The van der Waals surface area contributed by atoms with Crippen LogP contribution in [0, 0.1) is 0 Å². The Morgan fingerprint density at radius 3 is 2.79 bits per heavy atom. The minimum absolute atomic E-state index is 0.654. The predicted octanol–water partition coefficient (Wildman–Crippen LogP) is 4.15. The van der Waals surface area contributed by atoms with E-state index in [1.165, 1.54) is 4.88 Å². The molecule has 3 nitrogen and oxygen atoms in total. The molecule has 0 saturated heterocycles. The van der Waals surface area contributed by atoms with Crippen LogP contribution in [-0.4, -0.2) is 15.0 Å². The van der Waals surface area contributed by atoms with Gasteiger partial charge in [-0.25, -0.2) is 4.68 Å². The summed E-state index contributed by atoms with van der Waals surface area (Å²) in [5.74, 6) is 0. The van der Waals surface area contributed by atoms with Gasteiger partial charge in [0, 0.05) is 4.88 Å². The molecule has 0 aliphatic heterocycles. The Kier molecular flexibility index (Phi) is 3.44. The highest BCUT2D eigenvalue weighted by Gasteiger charge is 2.04. The van der Waals surface area contributed by atoms with Crippen molar-refractivity contribution in [2.24, 2.45) is 0 Å². The molecule has 0 fully saturated rings. The predicted molar refractivity (Wildman–Crippen MR) is 79.6 cm³/mol. The number of hydrogen-bond donors (Lipinski definition) is 0. The molecule has 19 heavy (non-hydrogen) atoms. The minimum Gasteiger partial charge on any atom is -0.219 e. The van der Waals surface area contributed by atoms with E-state index in [1.54, 1.807) is 16.0 Å². The molecule has 1 aromatic carbocycles. The Bertz CT molecular complexity index is 701. The molecule has 0 amide bonds. The third-order valence-corrected chi connectivity index (χ3v) is 3.73. The fraction of sp³-hybridized carbons (Fsp3) is 0. The maximum atomic E-state index is 6.12. The number of rotatable bonds is 3. The third-order valence-electron chi connectivity index (χ3n) is 2.57. The second-order valence-corrected chi connectivity index (χ2v) is 5.27. The van der Waals surface area contributed by atoms with Gasteiger partial charge in [-0.05, 0) is 35.7 Å². The van der Waals surface area contributed by atoms with Crippen LogP contribution in [0.25, 0.3) is 17.8 Å². The quantitative estimate of drug-likeness (QED) is 0.724. The first kappa shape index (κ1) is 12.1. The molecule has 3 aromatic rings. The number of halogens is 1. The summed E-state index contributed by atoms with van der Waals surface area (Å²) in [6, 6.07) is 11.6. The zero-order valence-electron chi connectivity index (χ0n) is 9.90. The van der Waals surface area contributed by atoms with E-state index in [2.05, 4.69) is 16.4 Å². The van der Waals surface area contributed by atoms with Gasteiger partial charge in [-0.3, -0.25) is 0 Å². The third kappa shape index (κ3) is 2.75. The zero-order valence-corrected chi connectivity index (χ0v) is 11.5. The van der Waals surface area contributed by atoms with Gasteiger partial charge in [0.2, 0.25) is 0 Å². The smallest absolute Gasteiger partial charge is 0.106 e. The number of para-hydroxylation sites is 1. The Labute approximate surface area is 119 Å². The molecular formula is C14H10ClN3S. The molecule has 94 valence electrons. The fourth-order valence-electron chi connectivity index (χ4n) is 1.66. The maximum absolute atomic E-state index is 6.12. The molecule has 0 atom stereocenters. The van der Waals surface area contributed by atoms with Gasteiger partial charge in [-0.1, -0.05) is 35.0 Å². The summed E-state index contributed by atoms with van der Waals surface area (Å²) in [6.45, 7) is 0. The number of hydrogen-bond acceptors (Lipinski definition) is 3. The van der Waals surface area contributed by atoms with Crippen LogP contribution in [0.5, 0.6) is 0 Å². The average molecular weight is 288 g/mol. The largest absolute Gasteiger partial charge is 0.219 e. The van der Waals surface area contributed by atoms with Crippen molar-refractivity contribution in [3.8, 4) is 5.69 Å². The highest BCUT2D eigenvalue weighted by atomic mass is 35.5. The molecule has 0 N–H and O–H groups in total. The molecule has 3 rings (SSSR count). The lowest BCUT2D eigenvalue weighted by Gasteiger charge is -2.00. The van der Waals surface area contributed by atoms with Crippen molar-refractivity contribution in [1.82, 2.24) is 15.0 Å². The Balaban J connectivity index is 1.86. The summed E-state index contributed by atoms with van der Waals surface area (Å²) < 4.78 is 1.68. The first-order valence-electron chi connectivity index (χ1n) is 5.72. The van der Waals surface area contributed by atoms with Crippen molar-refractivity contribution in [3.63, 3.8) is 0 Å². The van der Waals surface area contributed by atoms with Crippen LogP contribution in [0.3, 0.4) is 0 Å². The van der Waals surface area contributed by atoms with E-state index < -0.39 is 0 Å². The van der Waals surface area contributed by atoms with Crippen molar-refractivity contribution >= 4 is 35.1 Å². The highest BCUT2D eigenvalue weighted by Crippen LogP contribution is 2.19. The lowest BCUT2D eigenvalue weighted by molar-refractivity contribution is 0.803. The summed E-state index contributed by atoms with van der Waals surface area (Å²) >= 11 is 7.81. The normalized spacial score (nSPS) is 11.2. The van der Waals surface area contributed by atoms with Crippen LogP contribution in [-0.2, 0) is 0 Å². The summed E-state index contributed by atoms with van der Waals surface area (Å²) in [6.07, 6.45) is 5.81. The molecule has 0 aliphatic carbocycles. The second-order valence-electron chi connectivity index (χ2n) is 3.89. The summed E-state index contributed by atoms with van der Waals surface area (Å²) in [7, 11) is 0. The molecule has 0 aliphatic rings. The standard InChI is InChI=1S/C14H10ClN3S/c15-13-5-1-2-6-14(13)18-10-11(16-17-18)7-8-12-4-3-9-19-12/h1-10H/b8-7+. The summed E-state index contributed by atoms with van der Waals surface area (Å²) in [5.41, 5.74) is 1.63. The molecule has 2 aromatic heterocycles. The van der Waals surface area contributed by atoms with Gasteiger partial charge in [-0.2, -0.15) is 0 Å². The van der Waals surface area contributed by atoms with Crippen molar-refractivity contribution in [3.05, 3.63) is 63.6 Å². The van der Waals surface area contributed by atoms with E-state index >= 15 is 0 Å². The van der Waals surface area contributed by atoms with Gasteiger partial charge in [0.25, 0.3) is 0 Å². The number of benzene rings is 1. The van der Waals surface area contributed by atoms with E-state index in [0.29, 0.717) is 5.02 Å². The number of aromatic nitrogens is 3. The van der Waals surface area contributed by atoms with E-state index in [1.807, 2.05) is 54.1 Å². The van der Waals surface area contributed by atoms with Crippen LogP contribution in [0.15, 0.2) is 48.0 Å². The first-order valence-corrected chi connectivity index (χ1v) is 6.97. The topological polar surface area (TPSA) is 30.7 Å². The molecule has 0 bridgehead atoms. The van der Waals surface area contributed by atoms with Crippen molar-refractivity contribution in [2.75, 3.05) is 0 Å². The molecule has 0 radical (unpaired) electrons. The van der Waals surface area contributed by atoms with Crippen LogP contribution >= 0.6 is 22.9 Å². The number of nitrogens with zero attached hydrogens (tertiary/aromatic N) is 3. The molecule has 2 heterocycles. The van der Waals surface area contributed by atoms with Crippen molar-refractivity contribution in [1.29, 1.82) is 0 Å². The molecule has 0 saturated carbocycles. The second kappa shape index (κ2) is 5.38. The van der Waals surface area contributed by atoms with E-state index in [9.17, 15) is 0 Å². The summed E-state index contributed by atoms with van der Waals surface area (Å²) in [4.78, 5) is 1.19. The van der Waals surface area contributed by atoms with Gasteiger partial charge in [0.05, 0.1) is 16.9 Å². The van der Waals surface area contributed by atoms with Crippen molar-refractivity contribution in [2.45, 2.75) is 0 Å². The minimum atomic E-state index is 0.654. The molecule has 5 heteroatoms. The van der Waals surface area contributed by atoms with Gasteiger partial charge >= 0.3 is 0 Å². The van der Waals surface area contributed by atoms with Crippen LogP contribution in [0.2, 0.25) is 5.02 Å².